The predicted octanol–water partition coefficient (Wildman–Crippen LogP) is 2.19. The van der Waals surface area contributed by atoms with Crippen molar-refractivity contribution in [3.8, 4) is 6.01 Å². The van der Waals surface area contributed by atoms with Crippen molar-refractivity contribution in [2.75, 3.05) is 6.61 Å². The zero-order chi connectivity index (χ0) is 8.81. The van der Waals surface area contributed by atoms with Crippen LogP contribution in [-0.4, -0.2) is 16.6 Å². The molecule has 0 N–H and O–H groups in total. The average molecular weight is 229 g/mol. The van der Waals surface area contributed by atoms with Gasteiger partial charge in [-0.15, -0.1) is 0 Å². The number of halogens is 1. The molecule has 4 heteroatoms. The molecule has 1 heterocycles. The summed E-state index contributed by atoms with van der Waals surface area (Å²) in [5.74, 6) is 0. The summed E-state index contributed by atoms with van der Waals surface area (Å²) in [4.78, 5) is 7.87. The molecule has 0 aliphatic heterocycles. The lowest BCUT2D eigenvalue weighted by atomic mass is 10.6. The van der Waals surface area contributed by atoms with Crippen LogP contribution >= 0.6 is 15.9 Å². The van der Waals surface area contributed by atoms with Crippen LogP contribution in [0.3, 0.4) is 0 Å². The fraction of sp³-hybridized carbons (Fsp3) is 0.250. The number of hydrogen-bond donors (Lipinski definition) is 0. The summed E-state index contributed by atoms with van der Waals surface area (Å²) in [6.07, 6.45) is 7.11. The van der Waals surface area contributed by atoms with Gasteiger partial charge in [0.05, 0.1) is 4.47 Å². The summed E-state index contributed by atoms with van der Waals surface area (Å²) in [5.41, 5.74) is 0. The SMILES string of the molecule is CC=CCOc1ncc(Br)cn1. The van der Waals surface area contributed by atoms with Crippen molar-refractivity contribution in [2.24, 2.45) is 0 Å². The molecule has 12 heavy (non-hydrogen) atoms. The predicted molar refractivity (Wildman–Crippen MR) is 50.0 cm³/mol. The zero-order valence-electron chi connectivity index (χ0n) is 6.70. The van der Waals surface area contributed by atoms with Gasteiger partial charge < -0.3 is 4.74 Å². The van der Waals surface area contributed by atoms with E-state index in [-0.39, 0.29) is 0 Å². The second-order valence-corrected chi connectivity index (χ2v) is 2.98. The Morgan fingerprint density at radius 3 is 2.75 bits per heavy atom. The zero-order valence-corrected chi connectivity index (χ0v) is 8.28. The van der Waals surface area contributed by atoms with Gasteiger partial charge in [0.15, 0.2) is 0 Å². The van der Waals surface area contributed by atoms with E-state index in [9.17, 15) is 0 Å². The van der Waals surface area contributed by atoms with Gasteiger partial charge in [-0.3, -0.25) is 0 Å². The van der Waals surface area contributed by atoms with E-state index in [0.29, 0.717) is 12.6 Å². The van der Waals surface area contributed by atoms with Gasteiger partial charge in [0.1, 0.15) is 6.61 Å². The van der Waals surface area contributed by atoms with Crippen LogP contribution in [0.2, 0.25) is 0 Å². The van der Waals surface area contributed by atoms with Crippen molar-refractivity contribution in [1.29, 1.82) is 0 Å². The van der Waals surface area contributed by atoms with E-state index < -0.39 is 0 Å². The molecule has 1 aromatic heterocycles. The first-order valence-corrected chi connectivity index (χ1v) is 4.33. The Labute approximate surface area is 79.6 Å². The molecule has 0 spiro atoms. The van der Waals surface area contributed by atoms with Crippen LogP contribution in [-0.2, 0) is 0 Å². The molecule has 3 nitrogen and oxygen atoms in total. The van der Waals surface area contributed by atoms with Gasteiger partial charge in [-0.25, -0.2) is 9.97 Å². The Bertz CT molecular complexity index is 258. The van der Waals surface area contributed by atoms with E-state index in [4.69, 9.17) is 4.74 Å². The van der Waals surface area contributed by atoms with Crippen LogP contribution in [0.25, 0.3) is 0 Å². The number of allylic oxidation sites excluding steroid dienone is 1. The lowest BCUT2D eigenvalue weighted by Gasteiger charge is -1.98. The maximum absolute atomic E-state index is 5.17. The fourth-order valence-corrected chi connectivity index (χ4v) is 0.799. The molecule has 0 saturated carbocycles. The Hall–Kier alpha value is -0.900. The van der Waals surface area contributed by atoms with Crippen LogP contribution in [0.15, 0.2) is 29.0 Å². The molecule has 0 saturated heterocycles. The Balaban J connectivity index is 2.47. The van der Waals surface area contributed by atoms with E-state index in [1.807, 2.05) is 19.1 Å². The van der Waals surface area contributed by atoms with E-state index in [2.05, 4.69) is 25.9 Å². The summed E-state index contributed by atoms with van der Waals surface area (Å²) in [6, 6.07) is 0.399. The second kappa shape index (κ2) is 4.87. The molecule has 0 amide bonds. The molecule has 1 aromatic rings. The maximum Gasteiger partial charge on any atom is 0.316 e. The highest BCUT2D eigenvalue weighted by atomic mass is 79.9. The number of aromatic nitrogens is 2. The summed E-state index contributed by atoms with van der Waals surface area (Å²) in [6.45, 7) is 2.45. The minimum atomic E-state index is 0.399. The van der Waals surface area contributed by atoms with Crippen molar-refractivity contribution < 1.29 is 4.74 Å². The molecule has 0 aliphatic rings. The molecule has 0 unspecified atom stereocenters. The largest absolute Gasteiger partial charge is 0.459 e. The number of nitrogens with zero attached hydrogens (tertiary/aromatic N) is 2. The minimum absolute atomic E-state index is 0.399. The summed E-state index contributed by atoms with van der Waals surface area (Å²) < 4.78 is 6.02. The van der Waals surface area contributed by atoms with Gasteiger partial charge in [0, 0.05) is 12.4 Å². The topological polar surface area (TPSA) is 35.0 Å². The molecule has 0 bridgehead atoms. The quantitative estimate of drug-likeness (QED) is 0.745. The number of rotatable bonds is 3. The molecule has 0 fully saturated rings. The monoisotopic (exact) mass is 228 g/mol. The Kier molecular flexibility index (Phi) is 3.73. The maximum atomic E-state index is 5.17. The van der Waals surface area contributed by atoms with Gasteiger partial charge in [0.25, 0.3) is 0 Å². The van der Waals surface area contributed by atoms with Gasteiger partial charge in [-0.2, -0.15) is 0 Å². The van der Waals surface area contributed by atoms with Gasteiger partial charge in [-0.05, 0) is 22.9 Å². The van der Waals surface area contributed by atoms with Crippen LogP contribution in [0.5, 0.6) is 6.01 Å². The van der Waals surface area contributed by atoms with Crippen molar-refractivity contribution >= 4 is 15.9 Å². The molecule has 0 aromatic carbocycles. The Morgan fingerprint density at radius 1 is 1.50 bits per heavy atom. The molecule has 0 aliphatic carbocycles. The van der Waals surface area contributed by atoms with Crippen molar-refractivity contribution in [2.45, 2.75) is 6.92 Å². The van der Waals surface area contributed by atoms with E-state index >= 15 is 0 Å². The van der Waals surface area contributed by atoms with Gasteiger partial charge in [0.2, 0.25) is 0 Å². The van der Waals surface area contributed by atoms with E-state index in [1.54, 1.807) is 12.4 Å². The number of hydrogen-bond acceptors (Lipinski definition) is 3. The highest BCUT2D eigenvalue weighted by Gasteiger charge is 1.93. The summed E-state index contributed by atoms with van der Waals surface area (Å²) in [7, 11) is 0. The smallest absolute Gasteiger partial charge is 0.316 e. The minimum Gasteiger partial charge on any atom is -0.459 e. The van der Waals surface area contributed by atoms with Crippen LogP contribution in [0.1, 0.15) is 6.92 Å². The molecular formula is C8H9BrN2O. The first-order chi connectivity index (χ1) is 5.83. The van der Waals surface area contributed by atoms with Crippen LogP contribution in [0.4, 0.5) is 0 Å². The molecule has 0 atom stereocenters. The van der Waals surface area contributed by atoms with E-state index in [0.717, 1.165) is 4.47 Å². The fourth-order valence-electron chi connectivity index (χ4n) is 0.594. The third kappa shape index (κ3) is 3.00. The van der Waals surface area contributed by atoms with Gasteiger partial charge >= 0.3 is 6.01 Å². The number of ether oxygens (including phenoxy) is 1. The highest BCUT2D eigenvalue weighted by molar-refractivity contribution is 9.10. The third-order valence-electron chi connectivity index (χ3n) is 1.14. The average Bonchev–Trinajstić information content (AvgIpc) is 2.09. The molecular weight excluding hydrogens is 220 g/mol. The standard InChI is InChI=1S/C8H9BrN2O/c1-2-3-4-12-8-10-5-7(9)6-11-8/h2-3,5-6H,4H2,1H3. The van der Waals surface area contributed by atoms with Crippen LogP contribution < -0.4 is 4.74 Å². The molecule has 0 radical (unpaired) electrons. The van der Waals surface area contributed by atoms with Crippen molar-refractivity contribution in [1.82, 2.24) is 9.97 Å². The highest BCUT2D eigenvalue weighted by Crippen LogP contribution is 2.07. The molecule has 1 rings (SSSR count). The summed E-state index contributed by atoms with van der Waals surface area (Å²) in [5, 5.41) is 0. The first kappa shape index (κ1) is 9.19. The lowest BCUT2D eigenvalue weighted by Crippen LogP contribution is -1.97. The first-order valence-electron chi connectivity index (χ1n) is 3.54. The van der Waals surface area contributed by atoms with Crippen LogP contribution in [0, 0.1) is 0 Å². The lowest BCUT2D eigenvalue weighted by molar-refractivity contribution is 0.332. The summed E-state index contributed by atoms with van der Waals surface area (Å²) >= 11 is 3.23. The molecule has 64 valence electrons. The van der Waals surface area contributed by atoms with Crippen molar-refractivity contribution in [3.05, 3.63) is 29.0 Å². The van der Waals surface area contributed by atoms with Crippen molar-refractivity contribution in [3.63, 3.8) is 0 Å². The Morgan fingerprint density at radius 2 is 2.17 bits per heavy atom. The van der Waals surface area contributed by atoms with E-state index in [1.165, 1.54) is 0 Å². The van der Waals surface area contributed by atoms with Gasteiger partial charge in [-0.1, -0.05) is 12.2 Å². The third-order valence-corrected chi connectivity index (χ3v) is 1.55. The normalized spacial score (nSPS) is 10.5. The second-order valence-electron chi connectivity index (χ2n) is 2.06.